The maximum absolute atomic E-state index is 12.8. The van der Waals surface area contributed by atoms with Gasteiger partial charge in [0.2, 0.25) is 11.8 Å². The second-order valence-electron chi connectivity index (χ2n) is 6.20. The molecule has 0 bridgehead atoms. The molecule has 1 aromatic heterocycles. The summed E-state index contributed by atoms with van der Waals surface area (Å²) in [5.41, 5.74) is 2.12. The second-order valence-corrected chi connectivity index (χ2v) is 7.06. The van der Waals surface area contributed by atoms with Crippen molar-refractivity contribution in [1.82, 2.24) is 14.8 Å². The number of carbonyl (C=O) groups excluding carboxylic acids is 2. The van der Waals surface area contributed by atoms with Crippen molar-refractivity contribution in [2.45, 2.75) is 6.42 Å². The molecule has 27 heavy (non-hydrogen) atoms. The number of nitrogens with one attached hydrogen (secondary N) is 1. The second kappa shape index (κ2) is 7.32. The van der Waals surface area contributed by atoms with Gasteiger partial charge < -0.3 is 10.2 Å². The Labute approximate surface area is 164 Å². The Hall–Kier alpha value is -3.00. The Morgan fingerprint density at radius 1 is 1.11 bits per heavy atom. The van der Waals surface area contributed by atoms with Crippen LogP contribution in [-0.4, -0.2) is 33.1 Å². The lowest BCUT2D eigenvalue weighted by molar-refractivity contribution is -0.122. The first-order chi connectivity index (χ1) is 13.1. The number of carbonyl (C=O) groups is 2. The Balaban J connectivity index is 1.52. The van der Waals surface area contributed by atoms with Crippen molar-refractivity contribution >= 4 is 39.1 Å². The van der Waals surface area contributed by atoms with E-state index >= 15 is 0 Å². The molecule has 136 valence electrons. The van der Waals surface area contributed by atoms with E-state index in [2.05, 4.69) is 31.3 Å². The zero-order chi connectivity index (χ0) is 18.8. The van der Waals surface area contributed by atoms with E-state index in [1.807, 2.05) is 42.5 Å². The predicted molar refractivity (Wildman–Crippen MR) is 105 cm³/mol. The summed E-state index contributed by atoms with van der Waals surface area (Å²) in [5.74, 6) is -0.675. The number of nitrogens with zero attached hydrogens (tertiary/aromatic N) is 4. The average Bonchev–Trinajstić information content (AvgIpc) is 3.33. The summed E-state index contributed by atoms with van der Waals surface area (Å²) >= 11 is 3.47. The van der Waals surface area contributed by atoms with Gasteiger partial charge in [-0.1, -0.05) is 24.3 Å². The number of benzene rings is 2. The summed E-state index contributed by atoms with van der Waals surface area (Å²) in [6, 6.07) is 14.8. The number of rotatable bonds is 4. The fourth-order valence-electron chi connectivity index (χ4n) is 3.13. The number of para-hydroxylation sites is 3. The van der Waals surface area contributed by atoms with E-state index in [0.717, 1.165) is 15.8 Å². The molecule has 3 aromatic rings. The molecule has 7 nitrogen and oxygen atoms in total. The molecular formula is C19H16BrN5O2. The van der Waals surface area contributed by atoms with E-state index in [1.54, 1.807) is 22.0 Å². The van der Waals surface area contributed by atoms with Crippen LogP contribution in [0.15, 0.2) is 65.7 Å². The van der Waals surface area contributed by atoms with Gasteiger partial charge in [0.1, 0.15) is 12.7 Å². The summed E-state index contributed by atoms with van der Waals surface area (Å²) in [4.78, 5) is 30.8. The van der Waals surface area contributed by atoms with E-state index in [4.69, 9.17) is 0 Å². The Morgan fingerprint density at radius 3 is 2.59 bits per heavy atom. The van der Waals surface area contributed by atoms with Crippen LogP contribution in [0.25, 0.3) is 5.69 Å². The number of amides is 2. The summed E-state index contributed by atoms with van der Waals surface area (Å²) < 4.78 is 2.42. The molecule has 1 aliphatic heterocycles. The van der Waals surface area contributed by atoms with Gasteiger partial charge in [-0.25, -0.2) is 9.67 Å². The summed E-state index contributed by atoms with van der Waals surface area (Å²) in [6.45, 7) is 0.346. The van der Waals surface area contributed by atoms with Crippen molar-refractivity contribution < 1.29 is 9.59 Å². The zero-order valence-corrected chi connectivity index (χ0v) is 15.8. The summed E-state index contributed by atoms with van der Waals surface area (Å²) in [7, 11) is 0. The fourth-order valence-corrected chi connectivity index (χ4v) is 3.63. The molecule has 0 spiro atoms. The molecule has 2 aromatic carbocycles. The monoisotopic (exact) mass is 425 g/mol. The third kappa shape index (κ3) is 3.48. The normalized spacial score (nSPS) is 16.6. The lowest BCUT2D eigenvalue weighted by Crippen LogP contribution is -2.28. The molecule has 0 radical (unpaired) electrons. The molecule has 8 heteroatoms. The molecule has 1 atom stereocenters. The van der Waals surface area contributed by atoms with Crippen LogP contribution in [0.3, 0.4) is 0 Å². The van der Waals surface area contributed by atoms with Crippen molar-refractivity contribution in [3.8, 4) is 5.69 Å². The van der Waals surface area contributed by atoms with Gasteiger partial charge in [-0.3, -0.25) is 9.59 Å². The van der Waals surface area contributed by atoms with Gasteiger partial charge in [-0.15, -0.1) is 0 Å². The average molecular weight is 426 g/mol. The first-order valence-corrected chi connectivity index (χ1v) is 9.22. The quantitative estimate of drug-likeness (QED) is 0.696. The van der Waals surface area contributed by atoms with E-state index in [0.29, 0.717) is 12.2 Å². The van der Waals surface area contributed by atoms with Crippen LogP contribution >= 0.6 is 15.9 Å². The van der Waals surface area contributed by atoms with Crippen LogP contribution in [-0.2, 0) is 9.59 Å². The third-order valence-electron chi connectivity index (χ3n) is 4.47. The molecule has 1 saturated heterocycles. The van der Waals surface area contributed by atoms with Gasteiger partial charge in [0.25, 0.3) is 0 Å². The van der Waals surface area contributed by atoms with Crippen LogP contribution in [0, 0.1) is 5.92 Å². The maximum atomic E-state index is 12.8. The number of hydrogen-bond acceptors (Lipinski definition) is 4. The van der Waals surface area contributed by atoms with Crippen molar-refractivity contribution in [3.63, 3.8) is 0 Å². The Morgan fingerprint density at radius 2 is 1.85 bits per heavy atom. The predicted octanol–water partition coefficient (Wildman–Crippen LogP) is 3.02. The highest BCUT2D eigenvalue weighted by atomic mass is 79.9. The lowest BCUT2D eigenvalue weighted by Gasteiger charge is -2.18. The van der Waals surface area contributed by atoms with Crippen LogP contribution in [0.1, 0.15) is 6.42 Å². The summed E-state index contributed by atoms with van der Waals surface area (Å²) in [6.07, 6.45) is 3.18. The minimum absolute atomic E-state index is 0.0633. The van der Waals surface area contributed by atoms with Crippen LogP contribution < -0.4 is 10.2 Å². The van der Waals surface area contributed by atoms with E-state index in [9.17, 15) is 9.59 Å². The lowest BCUT2D eigenvalue weighted by atomic mass is 10.1. The maximum Gasteiger partial charge on any atom is 0.229 e. The molecule has 1 fully saturated rings. The van der Waals surface area contributed by atoms with Crippen LogP contribution in [0.5, 0.6) is 0 Å². The molecule has 0 saturated carbocycles. The first kappa shape index (κ1) is 17.4. The molecule has 4 rings (SSSR count). The number of hydrogen-bond donors (Lipinski definition) is 1. The van der Waals surface area contributed by atoms with E-state index in [1.165, 1.54) is 6.33 Å². The highest BCUT2D eigenvalue weighted by molar-refractivity contribution is 9.10. The standard InChI is InChI=1S/C19H16BrN5O2/c20-14-5-1-3-7-16(14)24-10-13(9-18(24)26)19(27)23-15-6-2-4-8-17(15)25-12-21-11-22-25/h1-8,11-13H,9-10H2,(H,23,27). The minimum Gasteiger partial charge on any atom is -0.324 e. The highest BCUT2D eigenvalue weighted by Crippen LogP contribution is 2.32. The van der Waals surface area contributed by atoms with Crippen molar-refractivity contribution in [2.75, 3.05) is 16.8 Å². The van der Waals surface area contributed by atoms with Gasteiger partial charge in [0, 0.05) is 17.4 Å². The summed E-state index contributed by atoms with van der Waals surface area (Å²) in [5, 5.41) is 7.04. The molecule has 1 N–H and O–H groups in total. The van der Waals surface area contributed by atoms with Gasteiger partial charge >= 0.3 is 0 Å². The van der Waals surface area contributed by atoms with Crippen molar-refractivity contribution in [1.29, 1.82) is 0 Å². The van der Waals surface area contributed by atoms with Crippen molar-refractivity contribution in [3.05, 3.63) is 65.7 Å². The first-order valence-electron chi connectivity index (χ1n) is 8.43. The minimum atomic E-state index is -0.423. The number of aromatic nitrogens is 3. The molecule has 0 aliphatic carbocycles. The third-order valence-corrected chi connectivity index (χ3v) is 5.14. The van der Waals surface area contributed by atoms with Crippen molar-refractivity contribution in [2.24, 2.45) is 5.92 Å². The van der Waals surface area contributed by atoms with Gasteiger partial charge in [0.05, 0.1) is 23.0 Å². The smallest absolute Gasteiger partial charge is 0.229 e. The van der Waals surface area contributed by atoms with E-state index < -0.39 is 5.92 Å². The molecule has 1 aliphatic rings. The van der Waals surface area contributed by atoms with E-state index in [-0.39, 0.29) is 18.2 Å². The molecule has 2 amide bonds. The SMILES string of the molecule is O=C(Nc1ccccc1-n1cncn1)C1CC(=O)N(c2ccccc2Br)C1. The fraction of sp³-hybridized carbons (Fsp3) is 0.158. The number of halogens is 1. The Kier molecular flexibility index (Phi) is 4.72. The van der Waals surface area contributed by atoms with Gasteiger partial charge in [-0.05, 0) is 40.2 Å². The topological polar surface area (TPSA) is 80.1 Å². The molecular weight excluding hydrogens is 410 g/mol. The largest absolute Gasteiger partial charge is 0.324 e. The Bertz CT molecular complexity index is 989. The molecule has 1 unspecified atom stereocenters. The van der Waals surface area contributed by atoms with Crippen LogP contribution in [0.4, 0.5) is 11.4 Å². The molecule has 2 heterocycles. The van der Waals surface area contributed by atoms with Crippen LogP contribution in [0.2, 0.25) is 0 Å². The van der Waals surface area contributed by atoms with Gasteiger partial charge in [0.15, 0.2) is 0 Å². The van der Waals surface area contributed by atoms with Gasteiger partial charge in [-0.2, -0.15) is 5.10 Å². The number of anilines is 2. The highest BCUT2D eigenvalue weighted by Gasteiger charge is 2.36. The zero-order valence-electron chi connectivity index (χ0n) is 14.2.